The predicted molar refractivity (Wildman–Crippen MR) is 60.9 cm³/mol. The Morgan fingerprint density at radius 3 is 3.06 bits per heavy atom. The molecule has 0 bridgehead atoms. The van der Waals surface area contributed by atoms with E-state index in [1.807, 2.05) is 0 Å². The highest BCUT2D eigenvalue weighted by Gasteiger charge is 2.04. The summed E-state index contributed by atoms with van der Waals surface area (Å²) in [7, 11) is 0. The number of carbonyl (C=O) groups is 1. The lowest BCUT2D eigenvalue weighted by atomic mass is 10.3. The lowest BCUT2D eigenvalue weighted by Gasteiger charge is -2.03. The molecule has 0 aliphatic carbocycles. The number of carboxylic acid groups (broad SMARTS) is 1. The van der Waals surface area contributed by atoms with Crippen molar-refractivity contribution in [2.45, 2.75) is 13.0 Å². The van der Waals surface area contributed by atoms with E-state index < -0.39 is 5.97 Å². The molecule has 18 heavy (non-hydrogen) atoms. The third-order valence-corrected chi connectivity index (χ3v) is 2.26. The van der Waals surface area contributed by atoms with Crippen LogP contribution in [0, 0.1) is 0 Å². The fraction of sp³-hybridized carbons (Fsp3) is 0.273. The van der Waals surface area contributed by atoms with Crippen LogP contribution in [0.1, 0.15) is 22.0 Å². The molecule has 0 spiro atoms. The molecular formula is C11H12N4O3. The minimum absolute atomic E-state index is 0.0486. The van der Waals surface area contributed by atoms with Crippen molar-refractivity contribution in [3.05, 3.63) is 41.8 Å². The molecule has 2 aromatic heterocycles. The lowest BCUT2D eigenvalue weighted by Crippen LogP contribution is -2.18. The Kier molecular flexibility index (Phi) is 3.98. The molecule has 0 radical (unpaired) electrons. The van der Waals surface area contributed by atoms with E-state index in [9.17, 15) is 4.79 Å². The normalized spacial score (nSPS) is 10.4. The van der Waals surface area contributed by atoms with Crippen molar-refractivity contribution >= 4 is 5.97 Å². The fourth-order valence-electron chi connectivity index (χ4n) is 1.42. The van der Waals surface area contributed by atoms with Crippen LogP contribution in [0.5, 0.6) is 0 Å². The van der Waals surface area contributed by atoms with E-state index in [-0.39, 0.29) is 5.69 Å². The Morgan fingerprint density at radius 2 is 2.33 bits per heavy atom. The van der Waals surface area contributed by atoms with Crippen molar-refractivity contribution < 1.29 is 14.4 Å². The van der Waals surface area contributed by atoms with Gasteiger partial charge in [-0.05, 0) is 12.1 Å². The second-order valence-corrected chi connectivity index (χ2v) is 3.59. The maximum Gasteiger partial charge on any atom is 0.354 e. The fourth-order valence-corrected chi connectivity index (χ4v) is 1.42. The molecule has 0 unspecified atom stereocenters. The van der Waals surface area contributed by atoms with Gasteiger partial charge in [-0.25, -0.2) is 9.78 Å². The number of aromatic carboxylic acids is 1. The third kappa shape index (κ3) is 3.36. The Morgan fingerprint density at radius 1 is 1.44 bits per heavy atom. The standard InChI is InChI=1S/C11H12N4O3/c16-11(17)9-3-1-2-8(14-9)6-12-5-4-10-13-7-18-15-10/h1-3,7,12H,4-6H2,(H,16,17). The second-order valence-electron chi connectivity index (χ2n) is 3.59. The van der Waals surface area contributed by atoms with E-state index in [4.69, 9.17) is 5.11 Å². The molecule has 0 atom stereocenters. The molecule has 2 aromatic rings. The smallest absolute Gasteiger partial charge is 0.354 e. The maximum absolute atomic E-state index is 10.7. The minimum atomic E-state index is -1.02. The molecule has 2 rings (SSSR count). The van der Waals surface area contributed by atoms with Gasteiger partial charge in [0.05, 0.1) is 5.69 Å². The Labute approximate surface area is 103 Å². The number of carboxylic acids is 1. The molecule has 0 saturated heterocycles. The average molecular weight is 248 g/mol. The predicted octanol–water partition coefficient (Wildman–Crippen LogP) is 0.495. The summed E-state index contributed by atoms with van der Waals surface area (Å²) in [6.45, 7) is 1.16. The summed E-state index contributed by atoms with van der Waals surface area (Å²) in [5, 5.41) is 15.6. The molecule has 0 aliphatic rings. The van der Waals surface area contributed by atoms with Crippen molar-refractivity contribution in [1.82, 2.24) is 20.4 Å². The van der Waals surface area contributed by atoms with Crippen LogP contribution in [0.4, 0.5) is 0 Å². The van der Waals surface area contributed by atoms with Gasteiger partial charge in [0.2, 0.25) is 6.39 Å². The molecule has 0 amide bonds. The zero-order valence-corrected chi connectivity index (χ0v) is 9.54. The number of pyridine rings is 1. The first-order valence-corrected chi connectivity index (χ1v) is 5.41. The molecule has 2 heterocycles. The highest BCUT2D eigenvalue weighted by molar-refractivity contribution is 5.85. The summed E-state index contributed by atoms with van der Waals surface area (Å²) < 4.78 is 4.61. The third-order valence-electron chi connectivity index (χ3n) is 2.26. The topological polar surface area (TPSA) is 101 Å². The van der Waals surface area contributed by atoms with E-state index >= 15 is 0 Å². The number of aromatic nitrogens is 3. The van der Waals surface area contributed by atoms with Gasteiger partial charge in [0.1, 0.15) is 5.69 Å². The molecular weight excluding hydrogens is 236 g/mol. The van der Waals surface area contributed by atoms with Crippen LogP contribution in [0.15, 0.2) is 29.1 Å². The number of rotatable bonds is 6. The van der Waals surface area contributed by atoms with Crippen LogP contribution >= 0.6 is 0 Å². The number of nitrogens with zero attached hydrogens (tertiary/aromatic N) is 3. The first-order chi connectivity index (χ1) is 8.75. The van der Waals surface area contributed by atoms with Gasteiger partial charge in [-0.3, -0.25) is 0 Å². The first-order valence-electron chi connectivity index (χ1n) is 5.41. The van der Waals surface area contributed by atoms with Gasteiger partial charge < -0.3 is 14.9 Å². The molecule has 0 saturated carbocycles. The van der Waals surface area contributed by atoms with Crippen LogP contribution in [-0.2, 0) is 13.0 Å². The van der Waals surface area contributed by atoms with Crippen molar-refractivity contribution in [2.24, 2.45) is 0 Å². The molecule has 0 aliphatic heterocycles. The van der Waals surface area contributed by atoms with Crippen LogP contribution in [-0.4, -0.2) is 32.7 Å². The van der Waals surface area contributed by atoms with Gasteiger partial charge in [0.15, 0.2) is 5.82 Å². The lowest BCUT2D eigenvalue weighted by molar-refractivity contribution is 0.0690. The van der Waals surface area contributed by atoms with Crippen molar-refractivity contribution in [3.63, 3.8) is 0 Å². The van der Waals surface area contributed by atoms with E-state index in [0.717, 1.165) is 0 Å². The largest absolute Gasteiger partial charge is 0.477 e. The summed E-state index contributed by atoms with van der Waals surface area (Å²) in [6.07, 6.45) is 1.93. The van der Waals surface area contributed by atoms with Crippen LogP contribution < -0.4 is 5.32 Å². The van der Waals surface area contributed by atoms with Crippen molar-refractivity contribution in [3.8, 4) is 0 Å². The Bertz CT molecular complexity index is 513. The molecule has 0 aromatic carbocycles. The van der Waals surface area contributed by atoms with Crippen LogP contribution in [0.25, 0.3) is 0 Å². The SMILES string of the molecule is O=C(O)c1cccc(CNCCc2ncon2)n1. The van der Waals surface area contributed by atoms with Crippen molar-refractivity contribution in [2.75, 3.05) is 6.54 Å². The Hall–Kier alpha value is -2.28. The van der Waals surface area contributed by atoms with Crippen molar-refractivity contribution in [1.29, 1.82) is 0 Å². The quantitative estimate of drug-likeness (QED) is 0.717. The molecule has 0 fully saturated rings. The summed E-state index contributed by atoms with van der Waals surface area (Å²) in [5.41, 5.74) is 0.732. The van der Waals surface area contributed by atoms with E-state index in [2.05, 4.69) is 25.0 Å². The minimum Gasteiger partial charge on any atom is -0.477 e. The van der Waals surface area contributed by atoms with Gasteiger partial charge in [0.25, 0.3) is 0 Å². The van der Waals surface area contributed by atoms with Gasteiger partial charge >= 0.3 is 5.97 Å². The van der Waals surface area contributed by atoms with Gasteiger partial charge in [-0.2, -0.15) is 4.98 Å². The van der Waals surface area contributed by atoms with Gasteiger partial charge in [0, 0.05) is 19.5 Å². The Balaban J connectivity index is 1.79. The summed E-state index contributed by atoms with van der Waals surface area (Å²) in [6, 6.07) is 4.91. The van der Waals surface area contributed by atoms with E-state index in [0.29, 0.717) is 31.0 Å². The highest BCUT2D eigenvalue weighted by atomic mass is 16.5. The second kappa shape index (κ2) is 5.87. The van der Waals surface area contributed by atoms with E-state index in [1.54, 1.807) is 12.1 Å². The monoisotopic (exact) mass is 248 g/mol. The van der Waals surface area contributed by atoms with E-state index in [1.165, 1.54) is 12.5 Å². The highest BCUT2D eigenvalue weighted by Crippen LogP contribution is 1.99. The van der Waals surface area contributed by atoms with Crippen LogP contribution in [0.3, 0.4) is 0 Å². The summed E-state index contributed by atoms with van der Waals surface area (Å²) >= 11 is 0. The maximum atomic E-state index is 10.7. The van der Waals surface area contributed by atoms with Gasteiger partial charge in [-0.15, -0.1) is 0 Å². The first kappa shape index (κ1) is 12.2. The van der Waals surface area contributed by atoms with Gasteiger partial charge in [-0.1, -0.05) is 11.2 Å². The molecule has 2 N–H and O–H groups in total. The summed E-state index contributed by atoms with van der Waals surface area (Å²) in [5.74, 6) is -0.390. The zero-order chi connectivity index (χ0) is 12.8. The molecule has 7 nitrogen and oxygen atoms in total. The number of hydrogen-bond acceptors (Lipinski definition) is 6. The average Bonchev–Trinajstić information content (AvgIpc) is 2.88. The molecule has 7 heteroatoms. The molecule has 94 valence electrons. The van der Waals surface area contributed by atoms with Crippen LogP contribution in [0.2, 0.25) is 0 Å². The number of nitrogens with one attached hydrogen (secondary N) is 1. The summed E-state index contributed by atoms with van der Waals surface area (Å²) in [4.78, 5) is 18.6. The zero-order valence-electron chi connectivity index (χ0n) is 9.54. The number of hydrogen-bond donors (Lipinski definition) is 2.